The largest absolute Gasteiger partial charge is 0.493 e. The zero-order valence-electron chi connectivity index (χ0n) is 18.5. The molecule has 1 fully saturated rings. The van der Waals surface area contributed by atoms with Crippen LogP contribution in [0.5, 0.6) is 11.5 Å². The van der Waals surface area contributed by atoms with Gasteiger partial charge in [-0.05, 0) is 71.3 Å². The minimum atomic E-state index is -0.340. The molecule has 0 radical (unpaired) electrons. The number of hydrogen-bond acceptors (Lipinski definition) is 5. The number of aryl methyl sites for hydroxylation is 1. The first-order chi connectivity index (χ1) is 16.4. The van der Waals surface area contributed by atoms with Crippen molar-refractivity contribution in [2.45, 2.75) is 20.1 Å². The number of benzene rings is 3. The van der Waals surface area contributed by atoms with Gasteiger partial charge in [-0.15, -0.1) is 0 Å². The third-order valence-electron chi connectivity index (χ3n) is 5.31. The standard InChI is InChI=1S/C26H21BrClNO4S/c1-16-5-3-4-6-19(16)15-33-24-21(28)11-18(12-22(24)32-2)13-23-25(30)29(26(31)34-23)14-17-7-9-20(27)10-8-17/h3-13H,14-15H2,1-2H3/b23-13-. The van der Waals surface area contributed by atoms with Gasteiger partial charge in [0.2, 0.25) is 0 Å². The third-order valence-corrected chi connectivity index (χ3v) is 7.03. The fraction of sp³-hybridized carbons (Fsp3) is 0.154. The summed E-state index contributed by atoms with van der Waals surface area (Å²) in [6, 6.07) is 18.9. The summed E-state index contributed by atoms with van der Waals surface area (Å²) >= 11 is 10.8. The Labute approximate surface area is 215 Å². The zero-order chi connectivity index (χ0) is 24.2. The highest BCUT2D eigenvalue weighted by molar-refractivity contribution is 9.10. The second-order valence-electron chi connectivity index (χ2n) is 7.64. The summed E-state index contributed by atoms with van der Waals surface area (Å²) in [5, 5.41) is 0.0451. The van der Waals surface area contributed by atoms with E-state index in [4.69, 9.17) is 21.1 Å². The van der Waals surface area contributed by atoms with E-state index in [0.717, 1.165) is 32.9 Å². The molecule has 174 valence electrons. The van der Waals surface area contributed by atoms with Crippen LogP contribution in [0, 0.1) is 6.92 Å². The average molecular weight is 559 g/mol. The number of nitrogens with zero attached hydrogens (tertiary/aromatic N) is 1. The number of carbonyl (C=O) groups is 2. The van der Waals surface area contributed by atoms with Crippen LogP contribution in [0.25, 0.3) is 6.08 Å². The molecule has 5 nitrogen and oxygen atoms in total. The molecule has 0 N–H and O–H groups in total. The van der Waals surface area contributed by atoms with Gasteiger partial charge in [0.1, 0.15) is 6.61 Å². The first-order valence-corrected chi connectivity index (χ1v) is 12.4. The minimum absolute atomic E-state index is 0.213. The molecule has 3 aromatic carbocycles. The van der Waals surface area contributed by atoms with Crippen molar-refractivity contribution < 1.29 is 19.1 Å². The van der Waals surface area contributed by atoms with Crippen molar-refractivity contribution in [3.63, 3.8) is 0 Å². The Kier molecular flexibility index (Phi) is 7.66. The maximum absolute atomic E-state index is 12.9. The van der Waals surface area contributed by atoms with Crippen molar-refractivity contribution in [2.24, 2.45) is 0 Å². The molecule has 8 heteroatoms. The van der Waals surface area contributed by atoms with Gasteiger partial charge in [-0.1, -0.05) is 63.9 Å². The van der Waals surface area contributed by atoms with Crippen molar-refractivity contribution in [1.82, 2.24) is 4.90 Å². The molecule has 4 rings (SSSR count). The maximum Gasteiger partial charge on any atom is 0.293 e. The Hall–Kier alpha value is -2.74. The number of ether oxygens (including phenoxy) is 2. The number of rotatable bonds is 7. The first kappa shape index (κ1) is 24.4. The van der Waals surface area contributed by atoms with E-state index < -0.39 is 0 Å². The van der Waals surface area contributed by atoms with Gasteiger partial charge >= 0.3 is 0 Å². The lowest BCUT2D eigenvalue weighted by Crippen LogP contribution is -2.27. The summed E-state index contributed by atoms with van der Waals surface area (Å²) in [4.78, 5) is 27.0. The first-order valence-electron chi connectivity index (χ1n) is 10.4. The highest BCUT2D eigenvalue weighted by Crippen LogP contribution is 2.39. The summed E-state index contributed by atoms with van der Waals surface area (Å²) in [6.07, 6.45) is 1.64. The number of carbonyl (C=O) groups excluding carboxylic acids is 2. The maximum atomic E-state index is 12.9. The molecule has 0 bridgehead atoms. The Balaban J connectivity index is 1.53. The molecular weight excluding hydrogens is 538 g/mol. The molecule has 34 heavy (non-hydrogen) atoms. The van der Waals surface area contributed by atoms with Gasteiger partial charge < -0.3 is 9.47 Å². The number of halogens is 2. The highest BCUT2D eigenvalue weighted by atomic mass is 79.9. The molecule has 1 saturated heterocycles. The van der Waals surface area contributed by atoms with Crippen molar-refractivity contribution >= 4 is 56.5 Å². The molecule has 0 unspecified atom stereocenters. The molecule has 2 amide bonds. The van der Waals surface area contributed by atoms with E-state index in [1.165, 1.54) is 12.0 Å². The van der Waals surface area contributed by atoms with Gasteiger partial charge in [-0.3, -0.25) is 14.5 Å². The van der Waals surface area contributed by atoms with Crippen LogP contribution in [-0.2, 0) is 17.9 Å². The van der Waals surface area contributed by atoms with Gasteiger partial charge in [-0.25, -0.2) is 0 Å². The number of amides is 2. The van der Waals surface area contributed by atoms with E-state index in [1.54, 1.807) is 18.2 Å². The Morgan fingerprint density at radius 1 is 1.09 bits per heavy atom. The average Bonchev–Trinajstić information content (AvgIpc) is 3.07. The Morgan fingerprint density at radius 2 is 1.82 bits per heavy atom. The second-order valence-corrected chi connectivity index (χ2v) is 9.96. The number of methoxy groups -OCH3 is 1. The predicted octanol–water partition coefficient (Wildman–Crippen LogP) is 7.24. The van der Waals surface area contributed by atoms with Crippen LogP contribution in [0.4, 0.5) is 4.79 Å². The fourth-order valence-corrected chi connectivity index (χ4v) is 4.82. The van der Waals surface area contributed by atoms with Gasteiger partial charge in [0.05, 0.1) is 23.6 Å². The molecule has 0 aliphatic carbocycles. The molecule has 3 aromatic rings. The van der Waals surface area contributed by atoms with Crippen LogP contribution in [-0.4, -0.2) is 23.2 Å². The van der Waals surface area contributed by atoms with Crippen molar-refractivity contribution in [3.8, 4) is 11.5 Å². The second kappa shape index (κ2) is 10.7. The van der Waals surface area contributed by atoms with Gasteiger partial charge in [0.15, 0.2) is 11.5 Å². The van der Waals surface area contributed by atoms with E-state index in [0.29, 0.717) is 33.6 Å². The zero-order valence-corrected chi connectivity index (χ0v) is 21.7. The van der Waals surface area contributed by atoms with E-state index >= 15 is 0 Å². The Bertz CT molecular complexity index is 1280. The lowest BCUT2D eigenvalue weighted by atomic mass is 10.1. The summed E-state index contributed by atoms with van der Waals surface area (Å²) in [5.74, 6) is 0.530. The molecule has 0 atom stereocenters. The summed E-state index contributed by atoms with van der Waals surface area (Å²) in [5.41, 5.74) is 3.67. The summed E-state index contributed by atoms with van der Waals surface area (Å²) < 4.78 is 12.4. The summed E-state index contributed by atoms with van der Waals surface area (Å²) in [7, 11) is 1.53. The highest BCUT2D eigenvalue weighted by Gasteiger charge is 2.35. The van der Waals surface area contributed by atoms with E-state index in [1.807, 2.05) is 55.5 Å². The van der Waals surface area contributed by atoms with Crippen LogP contribution in [0.1, 0.15) is 22.3 Å². The van der Waals surface area contributed by atoms with Gasteiger partial charge in [0, 0.05) is 4.47 Å². The molecule has 0 aromatic heterocycles. The van der Waals surface area contributed by atoms with Crippen molar-refractivity contribution in [3.05, 3.63) is 97.3 Å². The van der Waals surface area contributed by atoms with Crippen LogP contribution in [0.3, 0.4) is 0 Å². The minimum Gasteiger partial charge on any atom is -0.493 e. The van der Waals surface area contributed by atoms with Crippen molar-refractivity contribution in [2.75, 3.05) is 7.11 Å². The Morgan fingerprint density at radius 3 is 2.53 bits per heavy atom. The number of hydrogen-bond donors (Lipinski definition) is 0. The SMILES string of the molecule is COc1cc(/C=C2\SC(=O)N(Cc3ccc(Br)cc3)C2=O)cc(Cl)c1OCc1ccccc1C. The number of imide groups is 1. The molecule has 1 aliphatic rings. The third kappa shape index (κ3) is 5.49. The molecule has 1 aliphatic heterocycles. The quantitative estimate of drug-likeness (QED) is 0.286. The van der Waals surface area contributed by atoms with E-state index in [2.05, 4.69) is 15.9 Å². The smallest absolute Gasteiger partial charge is 0.293 e. The van der Waals surface area contributed by atoms with Crippen LogP contribution in [0.2, 0.25) is 5.02 Å². The van der Waals surface area contributed by atoms with E-state index in [-0.39, 0.29) is 17.7 Å². The monoisotopic (exact) mass is 557 g/mol. The van der Waals surface area contributed by atoms with Gasteiger partial charge in [-0.2, -0.15) is 0 Å². The molecule has 0 saturated carbocycles. The van der Waals surface area contributed by atoms with Crippen LogP contribution < -0.4 is 9.47 Å². The predicted molar refractivity (Wildman–Crippen MR) is 139 cm³/mol. The topological polar surface area (TPSA) is 55.8 Å². The van der Waals surface area contributed by atoms with Crippen LogP contribution in [0.15, 0.2) is 70.0 Å². The van der Waals surface area contributed by atoms with Crippen LogP contribution >= 0.6 is 39.3 Å². The van der Waals surface area contributed by atoms with Gasteiger partial charge in [0.25, 0.3) is 11.1 Å². The van der Waals surface area contributed by atoms with E-state index in [9.17, 15) is 9.59 Å². The lowest BCUT2D eigenvalue weighted by molar-refractivity contribution is -0.123. The normalized spacial score (nSPS) is 14.7. The molecule has 1 heterocycles. The molecule has 0 spiro atoms. The fourth-order valence-electron chi connectivity index (χ4n) is 3.45. The number of thioether (sulfide) groups is 1. The lowest BCUT2D eigenvalue weighted by Gasteiger charge is -2.14. The van der Waals surface area contributed by atoms with Crippen molar-refractivity contribution in [1.29, 1.82) is 0 Å². The molecular formula is C26H21BrClNO4S. The summed E-state index contributed by atoms with van der Waals surface area (Å²) in [6.45, 7) is 2.58.